The summed E-state index contributed by atoms with van der Waals surface area (Å²) in [5.74, 6) is -1.46. The van der Waals surface area contributed by atoms with E-state index in [1.54, 1.807) is 16.0 Å². The predicted octanol–water partition coefficient (Wildman–Crippen LogP) is 4.20. The number of nitrogens with zero attached hydrogens (tertiary/aromatic N) is 4. The van der Waals surface area contributed by atoms with E-state index in [9.17, 15) is 13.9 Å². The van der Waals surface area contributed by atoms with Crippen LogP contribution in [0.25, 0.3) is 10.6 Å². The van der Waals surface area contributed by atoms with Gasteiger partial charge in [0.1, 0.15) is 28.8 Å². The van der Waals surface area contributed by atoms with Gasteiger partial charge >= 0.3 is 6.33 Å². The Labute approximate surface area is 208 Å². The van der Waals surface area contributed by atoms with Gasteiger partial charge in [-0.3, -0.25) is 4.90 Å². The van der Waals surface area contributed by atoms with Gasteiger partial charge in [0.05, 0.1) is 5.69 Å². The fourth-order valence-electron chi connectivity index (χ4n) is 4.45. The first-order chi connectivity index (χ1) is 16.3. The van der Waals surface area contributed by atoms with Crippen LogP contribution in [0.3, 0.4) is 0 Å². The molecule has 0 spiro atoms. The van der Waals surface area contributed by atoms with Gasteiger partial charge in [-0.25, -0.2) is 13.8 Å². The van der Waals surface area contributed by atoms with Gasteiger partial charge < -0.3 is 5.11 Å². The molecule has 5 rings (SSSR count). The predicted molar refractivity (Wildman–Crippen MR) is 128 cm³/mol. The first kappa shape index (κ1) is 23.2. The topological polar surface area (TPSA) is 68.9 Å². The van der Waals surface area contributed by atoms with Gasteiger partial charge in [-0.2, -0.15) is 9.78 Å². The quantitative estimate of drug-likeness (QED) is 0.356. The van der Waals surface area contributed by atoms with Crippen molar-refractivity contribution in [3.05, 3.63) is 87.4 Å². The third kappa shape index (κ3) is 4.43. The van der Waals surface area contributed by atoms with Gasteiger partial charge in [-0.1, -0.05) is 34.1 Å². The molecule has 1 aliphatic rings. The summed E-state index contributed by atoms with van der Waals surface area (Å²) in [7, 11) is 0. The fraction of sp³-hybridized carbons (Fsp3) is 0.292. The van der Waals surface area contributed by atoms with Gasteiger partial charge in [0.15, 0.2) is 0 Å². The molecule has 2 N–H and O–H groups in total. The van der Waals surface area contributed by atoms with Crippen molar-refractivity contribution >= 4 is 27.3 Å². The lowest BCUT2D eigenvalue weighted by Crippen LogP contribution is -2.58. The number of hydrogen-bond donors (Lipinski definition) is 2. The van der Waals surface area contributed by atoms with Gasteiger partial charge in [-0.05, 0) is 30.1 Å². The van der Waals surface area contributed by atoms with E-state index in [0.717, 1.165) is 38.1 Å². The molecule has 0 aliphatic carbocycles. The summed E-state index contributed by atoms with van der Waals surface area (Å²) < 4.78 is 31.1. The second-order valence-electron chi connectivity index (χ2n) is 8.49. The van der Waals surface area contributed by atoms with Gasteiger partial charge in [0, 0.05) is 52.1 Å². The van der Waals surface area contributed by atoms with E-state index in [0.29, 0.717) is 13.1 Å². The minimum absolute atomic E-state index is 0.0346. The molecule has 0 saturated heterocycles. The van der Waals surface area contributed by atoms with Crippen LogP contribution in [0.2, 0.25) is 0 Å². The third-order valence-corrected chi connectivity index (χ3v) is 8.06. The Morgan fingerprint density at radius 1 is 1.26 bits per heavy atom. The number of halogens is 3. The number of aromatic amines is 1. The molecule has 0 saturated carbocycles. The zero-order valence-electron chi connectivity index (χ0n) is 18.4. The number of H-pyrrole nitrogens is 1. The van der Waals surface area contributed by atoms with E-state index in [1.165, 1.54) is 24.8 Å². The average Bonchev–Trinajstić information content (AvgIpc) is 3.48. The van der Waals surface area contributed by atoms with Crippen LogP contribution >= 0.6 is 27.3 Å². The van der Waals surface area contributed by atoms with Crippen LogP contribution in [0.5, 0.6) is 0 Å². The molecule has 176 valence electrons. The van der Waals surface area contributed by atoms with E-state index in [4.69, 9.17) is 4.98 Å². The molecule has 4 aromatic rings. The minimum Gasteiger partial charge on any atom is -0.379 e. The zero-order chi connectivity index (χ0) is 23.9. The lowest BCUT2D eigenvalue weighted by molar-refractivity contribution is -0.765. The number of aliphatic hydroxyl groups is 1. The Morgan fingerprint density at radius 2 is 2.06 bits per heavy atom. The van der Waals surface area contributed by atoms with Crippen LogP contribution < -0.4 is 4.68 Å². The highest BCUT2D eigenvalue weighted by atomic mass is 79.9. The molecule has 0 fully saturated rings. The summed E-state index contributed by atoms with van der Waals surface area (Å²) in [6.45, 7) is 3.16. The molecule has 0 unspecified atom stereocenters. The highest BCUT2D eigenvalue weighted by Crippen LogP contribution is 2.37. The molecule has 6 nitrogen and oxygen atoms in total. The second kappa shape index (κ2) is 9.26. The zero-order valence-corrected chi connectivity index (χ0v) is 20.8. The van der Waals surface area contributed by atoms with Gasteiger partial charge in [0.25, 0.3) is 0 Å². The van der Waals surface area contributed by atoms with Crippen LogP contribution in [-0.4, -0.2) is 37.7 Å². The Bertz CT molecular complexity index is 1300. The molecular weight excluding hydrogens is 524 g/mol. The largest absolute Gasteiger partial charge is 0.379 e. The van der Waals surface area contributed by atoms with Crippen LogP contribution in [0.1, 0.15) is 23.1 Å². The van der Waals surface area contributed by atoms with E-state index in [-0.39, 0.29) is 12.1 Å². The molecule has 3 heterocycles. The average molecular weight is 547 g/mol. The summed E-state index contributed by atoms with van der Waals surface area (Å²) in [6, 6.07) is 10.9. The number of nitrogens with one attached hydrogen (secondary N) is 1. The van der Waals surface area contributed by atoms with Crippen molar-refractivity contribution in [2.24, 2.45) is 0 Å². The van der Waals surface area contributed by atoms with Crippen LogP contribution in [-0.2, 0) is 25.1 Å². The number of benzene rings is 2. The Kier molecular flexibility index (Phi) is 6.32. The van der Waals surface area contributed by atoms with Crippen molar-refractivity contribution < 1.29 is 18.6 Å². The summed E-state index contributed by atoms with van der Waals surface area (Å²) in [4.78, 5) is 12.1. The molecule has 0 amide bonds. The Hall–Kier alpha value is -2.53. The molecule has 2 aromatic heterocycles. The van der Waals surface area contributed by atoms with E-state index in [2.05, 4.69) is 30.9 Å². The second-order valence-corrected chi connectivity index (χ2v) is 10.5. The first-order valence-electron chi connectivity index (χ1n) is 10.9. The van der Waals surface area contributed by atoms with Crippen molar-refractivity contribution in [1.82, 2.24) is 20.0 Å². The van der Waals surface area contributed by atoms with Crippen LogP contribution in [0, 0.1) is 11.6 Å². The summed E-state index contributed by atoms with van der Waals surface area (Å²) in [5.41, 5.74) is 0.536. The number of fused-ring (bicyclic) bond motifs is 1. The number of thiazole rings is 1. The molecule has 34 heavy (non-hydrogen) atoms. The highest BCUT2D eigenvalue weighted by molar-refractivity contribution is 9.10. The Balaban J connectivity index is 1.45. The lowest BCUT2D eigenvalue weighted by atomic mass is 9.85. The number of aromatic nitrogens is 4. The maximum absolute atomic E-state index is 14.9. The van der Waals surface area contributed by atoms with Gasteiger partial charge in [0.2, 0.25) is 6.33 Å². The van der Waals surface area contributed by atoms with Crippen molar-refractivity contribution in [2.45, 2.75) is 38.1 Å². The molecule has 2 atom stereocenters. The molecule has 0 radical (unpaired) electrons. The van der Waals surface area contributed by atoms with Gasteiger partial charge in [-0.15, -0.1) is 11.3 Å². The lowest BCUT2D eigenvalue weighted by Gasteiger charge is -2.41. The maximum atomic E-state index is 14.9. The SMILES string of the molecule is C[C@@H](N1CCc2nc(-c3ccc(Br)cc3)sc2C1)[C@](O)(C[n+]1cnc[nH]1)c1ccc(F)cc1F. The van der Waals surface area contributed by atoms with Crippen molar-refractivity contribution in [3.63, 3.8) is 0 Å². The van der Waals surface area contributed by atoms with Crippen LogP contribution in [0.4, 0.5) is 8.78 Å². The highest BCUT2D eigenvalue weighted by Gasteiger charge is 2.44. The molecule has 2 aromatic carbocycles. The summed E-state index contributed by atoms with van der Waals surface area (Å²) in [6.07, 6.45) is 3.74. The van der Waals surface area contributed by atoms with Crippen LogP contribution in [0.15, 0.2) is 59.6 Å². The maximum Gasteiger partial charge on any atom is 0.306 e. The third-order valence-electron chi connectivity index (χ3n) is 6.40. The molecule has 10 heteroatoms. The summed E-state index contributed by atoms with van der Waals surface area (Å²) in [5, 5.41) is 15.8. The molecule has 0 bridgehead atoms. The van der Waals surface area contributed by atoms with Crippen molar-refractivity contribution in [3.8, 4) is 10.6 Å². The van der Waals surface area contributed by atoms with Crippen molar-refractivity contribution in [1.29, 1.82) is 0 Å². The summed E-state index contributed by atoms with van der Waals surface area (Å²) >= 11 is 5.10. The minimum atomic E-state index is -1.63. The normalized spacial score (nSPS) is 16.7. The molecule has 1 aliphatic heterocycles. The van der Waals surface area contributed by atoms with E-state index in [1.807, 2.05) is 31.2 Å². The van der Waals surface area contributed by atoms with E-state index < -0.39 is 23.3 Å². The molecular formula is C24H23BrF2N5OS+. The first-order valence-corrected chi connectivity index (χ1v) is 12.5. The monoisotopic (exact) mass is 546 g/mol. The van der Waals surface area contributed by atoms with E-state index >= 15 is 0 Å². The number of hydrogen-bond acceptors (Lipinski definition) is 5. The number of rotatable bonds is 6. The Morgan fingerprint density at radius 3 is 2.76 bits per heavy atom. The fourth-order valence-corrected chi connectivity index (χ4v) is 5.85. The smallest absolute Gasteiger partial charge is 0.306 e. The van der Waals surface area contributed by atoms with Crippen molar-refractivity contribution in [2.75, 3.05) is 6.54 Å². The standard InChI is InChI=1S/C24H22BrF2N5OS/c1-15(24(33,12-32-14-28-13-29-32)19-7-6-18(26)10-20(19)27)31-9-8-21-22(11-31)34-23(30-21)16-2-4-17(25)5-3-16/h2-7,10,13-15,33H,8-9,11-12H2,1H3/p+1/t15-,24-/m1/s1.